The van der Waals surface area contributed by atoms with Crippen molar-refractivity contribution in [3.05, 3.63) is 0 Å². The highest BCUT2D eigenvalue weighted by Gasteiger charge is 2.42. The molecule has 5 nitrogen and oxygen atoms in total. The number of amides is 2. The van der Waals surface area contributed by atoms with Crippen LogP contribution in [-0.4, -0.2) is 46.6 Å². The summed E-state index contributed by atoms with van der Waals surface area (Å²) in [5, 5.41) is 12.2. The molecule has 2 amide bonds. The maximum Gasteiger partial charge on any atom is 0.245 e. The van der Waals surface area contributed by atoms with Crippen LogP contribution in [0.4, 0.5) is 0 Å². The zero-order chi connectivity index (χ0) is 12.5. The molecular formula is C11H20N2O3. The van der Waals surface area contributed by atoms with Crippen molar-refractivity contribution in [3.63, 3.8) is 0 Å². The van der Waals surface area contributed by atoms with Gasteiger partial charge in [-0.3, -0.25) is 9.59 Å². The molecular weight excluding hydrogens is 208 g/mol. The maximum absolute atomic E-state index is 12.0. The van der Waals surface area contributed by atoms with E-state index >= 15 is 0 Å². The largest absolute Gasteiger partial charge is 0.386 e. The molecule has 92 valence electrons. The minimum atomic E-state index is -0.770. The molecule has 0 aromatic heterocycles. The molecule has 1 aliphatic heterocycles. The molecule has 0 bridgehead atoms. The van der Waals surface area contributed by atoms with E-state index < -0.39 is 11.6 Å². The lowest BCUT2D eigenvalue weighted by Gasteiger charge is -2.45. The number of aliphatic hydroxyl groups is 1. The van der Waals surface area contributed by atoms with Gasteiger partial charge in [-0.05, 0) is 12.8 Å². The molecule has 1 saturated heterocycles. The van der Waals surface area contributed by atoms with Gasteiger partial charge in [-0.1, -0.05) is 13.8 Å². The summed E-state index contributed by atoms with van der Waals surface area (Å²) >= 11 is 0. The zero-order valence-electron chi connectivity index (χ0n) is 10.3. The Bertz CT molecular complexity index is 292. The van der Waals surface area contributed by atoms with Gasteiger partial charge in [-0.2, -0.15) is 0 Å². The number of carbonyl (C=O) groups excluding carboxylic acids is 2. The van der Waals surface area contributed by atoms with Gasteiger partial charge < -0.3 is 15.3 Å². The van der Waals surface area contributed by atoms with Gasteiger partial charge in [0.2, 0.25) is 11.8 Å². The lowest BCUT2D eigenvalue weighted by molar-refractivity contribution is -0.156. The number of β-amino-alcohol motifs (C(OH)–C–C–N with tert-alkyl or cyclic N) is 1. The molecule has 0 saturated carbocycles. The second kappa shape index (κ2) is 4.41. The number of likely N-dealkylation sites (tertiary alicyclic amines) is 1. The van der Waals surface area contributed by atoms with Gasteiger partial charge in [0.15, 0.2) is 0 Å². The fourth-order valence-electron chi connectivity index (χ4n) is 1.86. The number of nitrogens with zero attached hydrogens (tertiary/aromatic N) is 1. The molecule has 1 unspecified atom stereocenters. The second-order valence-corrected chi connectivity index (χ2v) is 5.11. The molecule has 1 aliphatic rings. The molecule has 1 fully saturated rings. The van der Waals surface area contributed by atoms with Crippen molar-refractivity contribution in [1.29, 1.82) is 0 Å². The van der Waals surface area contributed by atoms with E-state index in [1.165, 1.54) is 6.92 Å². The van der Waals surface area contributed by atoms with Crippen molar-refractivity contribution >= 4 is 11.8 Å². The van der Waals surface area contributed by atoms with E-state index in [1.807, 2.05) is 13.8 Å². The summed E-state index contributed by atoms with van der Waals surface area (Å²) in [4.78, 5) is 24.5. The van der Waals surface area contributed by atoms with Crippen LogP contribution in [0.1, 0.15) is 27.7 Å². The Morgan fingerprint density at radius 3 is 2.19 bits per heavy atom. The number of carbonyl (C=O) groups is 2. The Morgan fingerprint density at radius 1 is 1.38 bits per heavy atom. The first-order valence-electron chi connectivity index (χ1n) is 5.51. The van der Waals surface area contributed by atoms with Gasteiger partial charge >= 0.3 is 0 Å². The third-order valence-electron chi connectivity index (χ3n) is 2.67. The fourth-order valence-corrected chi connectivity index (χ4v) is 1.86. The molecule has 0 aromatic rings. The molecule has 16 heavy (non-hydrogen) atoms. The highest BCUT2D eigenvalue weighted by Crippen LogP contribution is 2.21. The van der Waals surface area contributed by atoms with Gasteiger partial charge in [0.25, 0.3) is 0 Å². The first-order valence-corrected chi connectivity index (χ1v) is 5.51. The van der Waals surface area contributed by atoms with Crippen molar-refractivity contribution in [3.8, 4) is 0 Å². The summed E-state index contributed by atoms with van der Waals surface area (Å²) in [6, 6.07) is -0.492. The van der Waals surface area contributed by atoms with E-state index in [2.05, 4.69) is 5.32 Å². The van der Waals surface area contributed by atoms with Crippen LogP contribution in [0, 0.1) is 5.92 Å². The average Bonchev–Trinajstić information content (AvgIpc) is 2.08. The molecule has 1 rings (SSSR count). The van der Waals surface area contributed by atoms with Crippen LogP contribution in [0.5, 0.6) is 0 Å². The summed E-state index contributed by atoms with van der Waals surface area (Å²) in [5.41, 5.74) is -0.770. The Kier molecular flexibility index (Phi) is 3.57. The van der Waals surface area contributed by atoms with Gasteiger partial charge in [0, 0.05) is 6.92 Å². The standard InChI is InChI=1S/C11H20N2O3/c1-7(2)9(12-8(3)14)10(15)13-5-11(4,16)6-13/h7,9,16H,5-6H2,1-4H3,(H,12,14). The van der Waals surface area contributed by atoms with Crippen molar-refractivity contribution < 1.29 is 14.7 Å². The fraction of sp³-hybridized carbons (Fsp3) is 0.818. The second-order valence-electron chi connectivity index (χ2n) is 5.11. The Morgan fingerprint density at radius 2 is 1.88 bits per heavy atom. The minimum Gasteiger partial charge on any atom is -0.386 e. The normalized spacial score (nSPS) is 20.2. The summed E-state index contributed by atoms with van der Waals surface area (Å²) < 4.78 is 0. The molecule has 0 radical (unpaired) electrons. The van der Waals surface area contributed by atoms with E-state index in [1.54, 1.807) is 11.8 Å². The van der Waals surface area contributed by atoms with Crippen LogP contribution in [0.15, 0.2) is 0 Å². The maximum atomic E-state index is 12.0. The number of rotatable bonds is 3. The summed E-state index contributed by atoms with van der Waals surface area (Å²) in [5.74, 6) is -0.280. The highest BCUT2D eigenvalue weighted by molar-refractivity contribution is 5.87. The average molecular weight is 228 g/mol. The van der Waals surface area contributed by atoms with Crippen molar-refractivity contribution in [2.24, 2.45) is 5.92 Å². The van der Waals surface area contributed by atoms with Gasteiger partial charge in [0.05, 0.1) is 18.7 Å². The van der Waals surface area contributed by atoms with Crippen LogP contribution in [0.3, 0.4) is 0 Å². The van der Waals surface area contributed by atoms with Crippen LogP contribution in [-0.2, 0) is 9.59 Å². The summed E-state index contributed by atoms with van der Waals surface area (Å²) in [7, 11) is 0. The topological polar surface area (TPSA) is 69.6 Å². The van der Waals surface area contributed by atoms with Crippen LogP contribution in [0.2, 0.25) is 0 Å². The smallest absolute Gasteiger partial charge is 0.245 e. The first kappa shape index (κ1) is 13.0. The van der Waals surface area contributed by atoms with E-state index in [0.717, 1.165) is 0 Å². The van der Waals surface area contributed by atoms with Crippen molar-refractivity contribution in [1.82, 2.24) is 10.2 Å². The minimum absolute atomic E-state index is 0.0435. The third kappa shape index (κ3) is 2.95. The monoisotopic (exact) mass is 228 g/mol. The molecule has 0 aromatic carbocycles. The number of hydrogen-bond acceptors (Lipinski definition) is 3. The lowest BCUT2D eigenvalue weighted by atomic mass is 9.93. The predicted molar refractivity (Wildman–Crippen MR) is 59.6 cm³/mol. The number of hydrogen-bond donors (Lipinski definition) is 2. The highest BCUT2D eigenvalue weighted by atomic mass is 16.3. The van der Waals surface area contributed by atoms with Crippen LogP contribution < -0.4 is 5.32 Å². The van der Waals surface area contributed by atoms with Crippen molar-refractivity contribution in [2.45, 2.75) is 39.3 Å². The zero-order valence-corrected chi connectivity index (χ0v) is 10.3. The van der Waals surface area contributed by atoms with Gasteiger partial charge in [-0.15, -0.1) is 0 Å². The molecule has 5 heteroatoms. The Hall–Kier alpha value is -1.10. The quantitative estimate of drug-likeness (QED) is 0.699. The number of nitrogens with one attached hydrogen (secondary N) is 1. The molecule has 1 heterocycles. The van der Waals surface area contributed by atoms with E-state index in [4.69, 9.17) is 0 Å². The summed E-state index contributed by atoms with van der Waals surface area (Å²) in [6.07, 6.45) is 0. The first-order chi connectivity index (χ1) is 7.23. The molecule has 0 aliphatic carbocycles. The van der Waals surface area contributed by atoms with Gasteiger partial charge in [0.1, 0.15) is 6.04 Å². The molecule has 1 atom stereocenters. The van der Waals surface area contributed by atoms with Crippen LogP contribution >= 0.6 is 0 Å². The van der Waals surface area contributed by atoms with E-state index in [9.17, 15) is 14.7 Å². The Labute approximate surface area is 95.8 Å². The van der Waals surface area contributed by atoms with Crippen LogP contribution in [0.25, 0.3) is 0 Å². The van der Waals surface area contributed by atoms with Gasteiger partial charge in [-0.25, -0.2) is 0 Å². The summed E-state index contributed by atoms with van der Waals surface area (Å²) in [6.45, 7) is 7.55. The van der Waals surface area contributed by atoms with Crippen molar-refractivity contribution in [2.75, 3.05) is 13.1 Å². The third-order valence-corrected chi connectivity index (χ3v) is 2.67. The van der Waals surface area contributed by atoms with E-state index in [0.29, 0.717) is 13.1 Å². The van der Waals surface area contributed by atoms with E-state index in [-0.39, 0.29) is 17.7 Å². The molecule has 2 N–H and O–H groups in total. The lowest BCUT2D eigenvalue weighted by Crippen LogP contribution is -2.65. The molecule has 0 spiro atoms. The predicted octanol–water partition coefficient (Wildman–Crippen LogP) is -0.260. The Balaban J connectivity index is 2.59. The SMILES string of the molecule is CC(=O)NC(C(=O)N1CC(C)(O)C1)C(C)C.